The number of allylic oxidation sites excluding steroid dienone is 1. The number of carboxylic acid groups (broad SMARTS) is 1. The molecule has 0 spiro atoms. The van der Waals surface area contributed by atoms with Crippen LogP contribution < -0.4 is 16.1 Å². The van der Waals surface area contributed by atoms with Crippen LogP contribution in [0, 0.1) is 0 Å². The van der Waals surface area contributed by atoms with Gasteiger partial charge < -0.3 is 9.84 Å². The maximum absolute atomic E-state index is 13.8. The van der Waals surface area contributed by atoms with Gasteiger partial charge in [0, 0.05) is 22.9 Å². The zero-order valence-electron chi connectivity index (χ0n) is 21.8. The number of fused-ring (bicyclic) bond motifs is 5. The molecule has 2 aromatic heterocycles. The van der Waals surface area contributed by atoms with E-state index in [2.05, 4.69) is 4.98 Å². The molecule has 0 radical (unpaired) electrons. The van der Waals surface area contributed by atoms with Crippen molar-refractivity contribution in [1.82, 2.24) is 18.9 Å². The fraction of sp³-hybridized carbons (Fsp3) is 0.207. The van der Waals surface area contributed by atoms with Crippen molar-refractivity contribution in [3.8, 4) is 22.6 Å². The molecule has 2 aliphatic rings. The third kappa shape index (κ3) is 3.99. The number of ether oxygens (including phenoxy) is 1. The maximum Gasteiger partial charge on any atom is 0.355 e. The number of hydrogen-bond donors (Lipinski definition) is 1. The molecule has 6 rings (SSSR count). The summed E-state index contributed by atoms with van der Waals surface area (Å²) in [5.41, 5.74) is 1.50. The van der Waals surface area contributed by atoms with Crippen molar-refractivity contribution in [3.05, 3.63) is 110 Å². The number of nitrogens with zero attached hydrogens (tertiary/aromatic N) is 4. The van der Waals surface area contributed by atoms with Crippen LogP contribution in [0.25, 0.3) is 16.8 Å². The van der Waals surface area contributed by atoms with Crippen LogP contribution in [0.2, 0.25) is 0 Å². The molecular weight excluding hydrogens is 536 g/mol. The first-order valence-corrected chi connectivity index (χ1v) is 12.4. The summed E-state index contributed by atoms with van der Waals surface area (Å²) in [6.07, 6.45) is 3.34. The fourth-order valence-corrected chi connectivity index (χ4v) is 5.44. The molecule has 40 heavy (non-hydrogen) atoms. The van der Waals surface area contributed by atoms with Crippen molar-refractivity contribution >= 4 is 24.2 Å². The van der Waals surface area contributed by atoms with Gasteiger partial charge in [0.2, 0.25) is 0 Å². The Kier molecular flexibility index (Phi) is 6.38. The van der Waals surface area contributed by atoms with E-state index in [-0.39, 0.29) is 30.4 Å². The quantitative estimate of drug-likeness (QED) is 0.296. The largest absolute Gasteiger partial charge is 0.483 e. The zero-order valence-corrected chi connectivity index (χ0v) is 22.6. The highest BCUT2D eigenvalue weighted by Crippen LogP contribution is 2.47. The Morgan fingerprint density at radius 3 is 2.45 bits per heavy atom. The average molecular weight is 561 g/mol. The standard InChI is InChI=1S/C29H24N4O6.ClH/c1-16(34)17-6-9-19(10-7-17)32-27(37)31-14-12-22-25(33(31)28(32)38)21-11-8-18(15-23(21)39-29(22,2)3)20-5-4-13-30-24(20)26(35)36;/h4-13,15,25H,14H2,1-3H3,(H,35,36);1H. The summed E-state index contributed by atoms with van der Waals surface area (Å²) in [6, 6.07) is 14.4. The Morgan fingerprint density at radius 2 is 1.77 bits per heavy atom. The van der Waals surface area contributed by atoms with Crippen LogP contribution in [0.3, 0.4) is 0 Å². The number of pyridine rings is 1. The van der Waals surface area contributed by atoms with Crippen molar-refractivity contribution in [1.29, 1.82) is 0 Å². The number of hydrogen-bond acceptors (Lipinski definition) is 6. The van der Waals surface area contributed by atoms with E-state index in [1.807, 2.05) is 19.9 Å². The van der Waals surface area contributed by atoms with E-state index >= 15 is 0 Å². The van der Waals surface area contributed by atoms with Crippen LogP contribution in [-0.4, -0.2) is 41.4 Å². The van der Waals surface area contributed by atoms with Gasteiger partial charge in [0.25, 0.3) is 0 Å². The van der Waals surface area contributed by atoms with Gasteiger partial charge in [0.15, 0.2) is 11.5 Å². The number of benzene rings is 2. The molecule has 0 saturated carbocycles. The number of ketones is 1. The SMILES string of the molecule is CC(=O)c1ccc(-n2c(=O)n3n(c2=O)C2C(=CC3)C(C)(C)Oc3cc(-c4cccnc4C(=O)O)ccc32)cc1.Cl. The Hall–Kier alpha value is -4.70. The van der Waals surface area contributed by atoms with Gasteiger partial charge in [-0.2, -0.15) is 0 Å². The van der Waals surface area contributed by atoms with Gasteiger partial charge >= 0.3 is 17.3 Å². The molecule has 2 aliphatic heterocycles. The Morgan fingerprint density at radius 1 is 1.05 bits per heavy atom. The molecule has 0 amide bonds. The summed E-state index contributed by atoms with van der Waals surface area (Å²) in [4.78, 5) is 54.8. The Labute approximate surface area is 234 Å². The number of aromatic nitrogens is 4. The van der Waals surface area contributed by atoms with Crippen molar-refractivity contribution in [2.75, 3.05) is 0 Å². The molecule has 1 atom stereocenters. The molecule has 11 heteroatoms. The second-order valence-corrected chi connectivity index (χ2v) is 10.1. The smallest absolute Gasteiger partial charge is 0.355 e. The van der Waals surface area contributed by atoms with Gasteiger partial charge in [-0.1, -0.05) is 24.3 Å². The molecule has 0 saturated heterocycles. The molecule has 0 aliphatic carbocycles. The summed E-state index contributed by atoms with van der Waals surface area (Å²) in [6.45, 7) is 5.43. The summed E-state index contributed by atoms with van der Waals surface area (Å²) < 4.78 is 10.3. The number of halogens is 1. The van der Waals surface area contributed by atoms with Gasteiger partial charge in [0.05, 0.1) is 12.2 Å². The van der Waals surface area contributed by atoms with Crippen LogP contribution in [0.5, 0.6) is 5.75 Å². The zero-order chi connectivity index (χ0) is 27.6. The monoisotopic (exact) mass is 560 g/mol. The Bertz CT molecular complexity index is 1850. The lowest BCUT2D eigenvalue weighted by atomic mass is 9.82. The van der Waals surface area contributed by atoms with Crippen molar-refractivity contribution in [3.63, 3.8) is 0 Å². The van der Waals surface area contributed by atoms with Crippen LogP contribution >= 0.6 is 12.4 Å². The molecule has 204 valence electrons. The van der Waals surface area contributed by atoms with Crippen molar-refractivity contribution in [2.24, 2.45) is 0 Å². The lowest BCUT2D eigenvalue weighted by Crippen LogP contribution is -2.46. The topological polar surface area (TPSA) is 125 Å². The summed E-state index contributed by atoms with van der Waals surface area (Å²) in [7, 11) is 0. The van der Waals surface area contributed by atoms with Crippen LogP contribution in [0.4, 0.5) is 0 Å². The van der Waals surface area contributed by atoms with E-state index < -0.39 is 29.0 Å². The molecule has 1 unspecified atom stereocenters. The predicted octanol–water partition coefficient (Wildman–Crippen LogP) is 3.89. The number of Topliss-reactive ketones (excluding diaryl/α,β-unsaturated/α-hetero) is 1. The van der Waals surface area contributed by atoms with Crippen LogP contribution in [-0.2, 0) is 6.54 Å². The second-order valence-electron chi connectivity index (χ2n) is 10.1. The van der Waals surface area contributed by atoms with E-state index in [1.165, 1.54) is 22.5 Å². The van der Waals surface area contributed by atoms with Gasteiger partial charge in [0.1, 0.15) is 17.4 Å². The highest BCUT2D eigenvalue weighted by Gasteiger charge is 2.44. The van der Waals surface area contributed by atoms with Crippen molar-refractivity contribution < 1.29 is 19.4 Å². The van der Waals surface area contributed by atoms with E-state index in [1.54, 1.807) is 54.6 Å². The van der Waals surface area contributed by atoms with Crippen LogP contribution in [0.1, 0.15) is 53.2 Å². The Balaban J connectivity index is 0.00000323. The minimum Gasteiger partial charge on any atom is -0.483 e. The van der Waals surface area contributed by atoms with Gasteiger partial charge in [-0.15, -0.1) is 12.4 Å². The first kappa shape index (κ1) is 26.9. The third-order valence-corrected chi connectivity index (χ3v) is 7.30. The molecule has 4 heterocycles. The molecule has 4 aromatic rings. The fourth-order valence-electron chi connectivity index (χ4n) is 5.44. The first-order chi connectivity index (χ1) is 18.6. The predicted molar refractivity (Wildman–Crippen MR) is 149 cm³/mol. The molecule has 0 bridgehead atoms. The highest BCUT2D eigenvalue weighted by molar-refractivity contribution is 5.94. The van der Waals surface area contributed by atoms with E-state index in [9.17, 15) is 24.3 Å². The lowest BCUT2D eigenvalue weighted by molar-refractivity contribution is 0.0691. The third-order valence-electron chi connectivity index (χ3n) is 7.30. The second kappa shape index (κ2) is 9.49. The summed E-state index contributed by atoms with van der Waals surface area (Å²) >= 11 is 0. The van der Waals surface area contributed by atoms with Gasteiger partial charge in [-0.3, -0.25) is 4.79 Å². The normalized spacial score (nSPS) is 16.4. The van der Waals surface area contributed by atoms with E-state index in [4.69, 9.17) is 4.74 Å². The van der Waals surface area contributed by atoms with E-state index in [0.717, 1.165) is 10.1 Å². The van der Waals surface area contributed by atoms with Gasteiger partial charge in [-0.25, -0.2) is 33.3 Å². The van der Waals surface area contributed by atoms with Crippen molar-refractivity contribution in [2.45, 2.75) is 39.0 Å². The van der Waals surface area contributed by atoms with E-state index in [0.29, 0.717) is 33.7 Å². The number of rotatable bonds is 4. The molecule has 10 nitrogen and oxygen atoms in total. The van der Waals surface area contributed by atoms with Gasteiger partial charge in [-0.05, 0) is 68.3 Å². The highest BCUT2D eigenvalue weighted by atomic mass is 35.5. The molecular formula is C29H25ClN4O6. The number of carboxylic acids is 1. The average Bonchev–Trinajstić information content (AvgIpc) is 3.17. The number of carbonyl (C=O) groups excluding carboxylic acids is 1. The van der Waals surface area contributed by atoms with Crippen LogP contribution in [0.15, 0.2) is 82.0 Å². The molecule has 0 fully saturated rings. The minimum absolute atomic E-state index is 0. The number of carbonyl (C=O) groups is 2. The molecule has 2 aromatic carbocycles. The summed E-state index contributed by atoms with van der Waals surface area (Å²) in [5, 5.41) is 9.62. The maximum atomic E-state index is 13.8. The minimum atomic E-state index is -1.14. The lowest BCUT2D eigenvalue weighted by Gasteiger charge is -2.42. The first-order valence-electron chi connectivity index (χ1n) is 12.4. The number of aromatic carboxylic acids is 1. The molecule has 1 N–H and O–H groups in total. The summed E-state index contributed by atoms with van der Waals surface area (Å²) in [5.74, 6) is -0.778.